The summed E-state index contributed by atoms with van der Waals surface area (Å²) in [7, 11) is 0. The second-order valence-electron chi connectivity index (χ2n) is 3.45. The fourth-order valence-corrected chi connectivity index (χ4v) is 2.33. The van der Waals surface area contributed by atoms with E-state index < -0.39 is 5.97 Å². The highest BCUT2D eigenvalue weighted by Gasteiger charge is 2.17. The molecule has 0 saturated heterocycles. The molecule has 0 fully saturated rings. The van der Waals surface area contributed by atoms with Crippen molar-refractivity contribution in [3.8, 4) is 6.07 Å². The van der Waals surface area contributed by atoms with E-state index in [1.807, 2.05) is 6.07 Å². The first-order chi connectivity index (χ1) is 9.63. The smallest absolute Gasteiger partial charge is 0.396 e. The normalized spacial score (nSPS) is 10.1. The van der Waals surface area contributed by atoms with Gasteiger partial charge in [-0.1, -0.05) is 16.7 Å². The van der Waals surface area contributed by atoms with Gasteiger partial charge in [-0.25, -0.2) is 4.79 Å². The van der Waals surface area contributed by atoms with E-state index in [1.54, 1.807) is 25.1 Å². The number of rotatable bonds is 4. The lowest BCUT2D eigenvalue weighted by Crippen LogP contribution is -2.04. The summed E-state index contributed by atoms with van der Waals surface area (Å²) < 4.78 is 9.89. The first-order valence-corrected chi connectivity index (χ1v) is 6.71. The van der Waals surface area contributed by atoms with Crippen molar-refractivity contribution in [2.24, 2.45) is 0 Å². The van der Waals surface area contributed by atoms with Gasteiger partial charge in [-0.15, -0.1) is 5.10 Å². The Labute approximate surface area is 123 Å². The van der Waals surface area contributed by atoms with Crippen LogP contribution in [0.3, 0.4) is 0 Å². The number of halogens is 1. The molecule has 0 aliphatic carbocycles. The average Bonchev–Trinajstić information content (AvgIpc) is 2.88. The van der Waals surface area contributed by atoms with E-state index in [2.05, 4.69) is 10.2 Å². The lowest BCUT2D eigenvalue weighted by molar-refractivity contribution is 0.0475. The van der Waals surface area contributed by atoms with Crippen LogP contribution < -0.4 is 0 Å². The Morgan fingerprint density at radius 3 is 3.05 bits per heavy atom. The summed E-state index contributed by atoms with van der Waals surface area (Å²) in [5.74, 6) is -0.909. The van der Waals surface area contributed by atoms with Crippen molar-refractivity contribution in [1.29, 1.82) is 5.26 Å². The number of hydrogen-bond acceptors (Lipinski definition) is 7. The fraction of sp³-hybridized carbons (Fsp3) is 0.167. The van der Waals surface area contributed by atoms with Crippen molar-refractivity contribution in [2.75, 3.05) is 6.61 Å². The predicted molar refractivity (Wildman–Crippen MR) is 70.5 cm³/mol. The summed E-state index contributed by atoms with van der Waals surface area (Å²) in [6, 6.07) is 6.85. The zero-order valence-corrected chi connectivity index (χ0v) is 11.9. The van der Waals surface area contributed by atoms with Gasteiger partial charge in [0.05, 0.1) is 12.2 Å². The van der Waals surface area contributed by atoms with Crippen LogP contribution in [-0.4, -0.2) is 22.8 Å². The molecular weight excluding hydrogens is 302 g/mol. The van der Waals surface area contributed by atoms with Gasteiger partial charge in [0.2, 0.25) is 0 Å². The molecule has 0 aliphatic heterocycles. The molecular formula is C12H8ClN3O3S. The van der Waals surface area contributed by atoms with Gasteiger partial charge in [-0.05, 0) is 36.9 Å². The quantitative estimate of drug-likeness (QED) is 0.802. The number of hydrogen-bond donors (Lipinski definition) is 0. The van der Waals surface area contributed by atoms with Crippen molar-refractivity contribution in [2.45, 2.75) is 17.0 Å². The monoisotopic (exact) mass is 309 g/mol. The lowest BCUT2D eigenvalue weighted by Gasteiger charge is -2.00. The van der Waals surface area contributed by atoms with Crippen LogP contribution >= 0.6 is 23.4 Å². The Hall–Kier alpha value is -2.04. The van der Waals surface area contributed by atoms with E-state index in [1.165, 1.54) is 0 Å². The van der Waals surface area contributed by atoms with Crippen LogP contribution in [0.5, 0.6) is 0 Å². The van der Waals surface area contributed by atoms with Gasteiger partial charge in [0.25, 0.3) is 5.22 Å². The summed E-state index contributed by atoms with van der Waals surface area (Å²) in [4.78, 5) is 12.0. The van der Waals surface area contributed by atoms with Crippen molar-refractivity contribution in [3.63, 3.8) is 0 Å². The zero-order valence-electron chi connectivity index (χ0n) is 10.3. The molecule has 0 amide bonds. The summed E-state index contributed by atoms with van der Waals surface area (Å²) in [5, 5.41) is 16.9. The van der Waals surface area contributed by atoms with Crippen LogP contribution in [0.2, 0.25) is 5.02 Å². The minimum Gasteiger partial charge on any atom is -0.459 e. The number of ether oxygens (including phenoxy) is 1. The molecule has 102 valence electrons. The SMILES string of the molecule is CCOC(=O)c1nnc(Sc2cc(Cl)ccc2C#N)o1. The highest BCUT2D eigenvalue weighted by Crippen LogP contribution is 2.31. The number of esters is 1. The van der Waals surface area contributed by atoms with E-state index in [0.717, 1.165) is 11.8 Å². The van der Waals surface area contributed by atoms with Gasteiger partial charge in [-0.2, -0.15) is 5.26 Å². The summed E-state index contributed by atoms with van der Waals surface area (Å²) in [6.07, 6.45) is 0. The maximum Gasteiger partial charge on any atom is 0.396 e. The molecule has 8 heteroatoms. The predicted octanol–water partition coefficient (Wildman–Crippen LogP) is 2.92. The Morgan fingerprint density at radius 2 is 2.35 bits per heavy atom. The van der Waals surface area contributed by atoms with Crippen LogP contribution in [0.1, 0.15) is 23.2 Å². The Bertz CT molecular complexity index is 681. The molecule has 0 spiro atoms. The molecule has 0 aliphatic rings. The minimum atomic E-state index is -0.682. The van der Waals surface area contributed by atoms with Crippen molar-refractivity contribution in [1.82, 2.24) is 10.2 Å². The highest BCUT2D eigenvalue weighted by molar-refractivity contribution is 7.99. The number of nitrogens with zero attached hydrogens (tertiary/aromatic N) is 3. The van der Waals surface area contributed by atoms with Crippen LogP contribution in [-0.2, 0) is 4.74 Å². The molecule has 0 unspecified atom stereocenters. The molecule has 20 heavy (non-hydrogen) atoms. The van der Waals surface area contributed by atoms with E-state index in [-0.39, 0.29) is 17.7 Å². The molecule has 0 atom stereocenters. The van der Waals surface area contributed by atoms with Crippen LogP contribution in [0.4, 0.5) is 0 Å². The first-order valence-electron chi connectivity index (χ1n) is 5.52. The molecule has 2 aromatic rings. The van der Waals surface area contributed by atoms with Gasteiger partial charge in [-0.3, -0.25) is 0 Å². The summed E-state index contributed by atoms with van der Waals surface area (Å²) in [6.45, 7) is 1.89. The maximum absolute atomic E-state index is 11.4. The van der Waals surface area contributed by atoms with Gasteiger partial charge >= 0.3 is 11.9 Å². The summed E-state index contributed by atoms with van der Waals surface area (Å²) >= 11 is 6.93. The summed E-state index contributed by atoms with van der Waals surface area (Å²) in [5.41, 5.74) is 0.426. The third-order valence-electron chi connectivity index (χ3n) is 2.12. The largest absolute Gasteiger partial charge is 0.459 e. The topological polar surface area (TPSA) is 89.0 Å². The Kier molecular flexibility index (Phi) is 4.61. The minimum absolute atomic E-state index is 0.131. The van der Waals surface area contributed by atoms with Crippen molar-refractivity contribution < 1.29 is 13.9 Å². The molecule has 0 bridgehead atoms. The second-order valence-corrected chi connectivity index (χ2v) is 4.88. The molecule has 0 radical (unpaired) electrons. The third kappa shape index (κ3) is 3.29. The van der Waals surface area contributed by atoms with Crippen LogP contribution in [0.15, 0.2) is 32.7 Å². The van der Waals surface area contributed by atoms with Gasteiger partial charge in [0.1, 0.15) is 6.07 Å². The maximum atomic E-state index is 11.4. The van der Waals surface area contributed by atoms with Crippen molar-refractivity contribution in [3.05, 3.63) is 34.7 Å². The van der Waals surface area contributed by atoms with E-state index in [9.17, 15) is 4.79 Å². The zero-order chi connectivity index (χ0) is 14.5. The molecule has 1 heterocycles. The molecule has 6 nitrogen and oxygen atoms in total. The number of nitriles is 1. The average molecular weight is 310 g/mol. The van der Waals surface area contributed by atoms with Crippen LogP contribution in [0.25, 0.3) is 0 Å². The van der Waals surface area contributed by atoms with E-state index >= 15 is 0 Å². The second kappa shape index (κ2) is 6.41. The van der Waals surface area contributed by atoms with Gasteiger partial charge in [0, 0.05) is 9.92 Å². The molecule has 0 saturated carbocycles. The number of aromatic nitrogens is 2. The number of carbonyl (C=O) groups excluding carboxylic acids is 1. The molecule has 2 rings (SSSR count). The fourth-order valence-electron chi connectivity index (χ4n) is 1.29. The molecule has 1 aromatic carbocycles. The molecule has 1 aromatic heterocycles. The number of carbonyl (C=O) groups is 1. The van der Waals surface area contributed by atoms with Gasteiger partial charge < -0.3 is 9.15 Å². The third-order valence-corrected chi connectivity index (χ3v) is 3.25. The lowest BCUT2D eigenvalue weighted by atomic mass is 10.2. The van der Waals surface area contributed by atoms with E-state index in [0.29, 0.717) is 15.5 Å². The Balaban J connectivity index is 2.21. The molecule has 0 N–H and O–H groups in total. The van der Waals surface area contributed by atoms with E-state index in [4.69, 9.17) is 26.0 Å². The Morgan fingerprint density at radius 1 is 1.55 bits per heavy atom. The standard InChI is InChI=1S/C12H8ClN3O3S/c1-2-18-11(17)10-15-16-12(19-10)20-9-5-8(13)4-3-7(9)6-14/h3-5H,2H2,1H3. The first kappa shape index (κ1) is 14.4. The van der Waals surface area contributed by atoms with Gasteiger partial charge in [0.15, 0.2) is 0 Å². The highest BCUT2D eigenvalue weighted by atomic mass is 35.5. The van der Waals surface area contributed by atoms with Crippen molar-refractivity contribution >= 4 is 29.3 Å². The number of benzene rings is 1. The van der Waals surface area contributed by atoms with Crippen LogP contribution in [0, 0.1) is 11.3 Å².